The number of likely N-dealkylation sites (tertiary alicyclic amines) is 1. The van der Waals surface area contributed by atoms with Gasteiger partial charge in [0.15, 0.2) is 0 Å². The van der Waals surface area contributed by atoms with Crippen LogP contribution in [0.1, 0.15) is 54.9 Å². The van der Waals surface area contributed by atoms with Crippen LogP contribution >= 0.6 is 0 Å². The van der Waals surface area contributed by atoms with E-state index in [1.807, 2.05) is 18.2 Å². The van der Waals surface area contributed by atoms with Crippen molar-refractivity contribution >= 4 is 16.9 Å². The molecule has 39 heavy (non-hydrogen) atoms. The van der Waals surface area contributed by atoms with E-state index in [0.717, 1.165) is 35.5 Å². The van der Waals surface area contributed by atoms with Crippen molar-refractivity contribution in [2.24, 2.45) is 11.8 Å². The summed E-state index contributed by atoms with van der Waals surface area (Å²) in [5.74, 6) is -0.126. The number of piperidine rings is 1. The molecule has 6 nitrogen and oxygen atoms in total. The van der Waals surface area contributed by atoms with Gasteiger partial charge in [0, 0.05) is 24.5 Å². The maximum atomic E-state index is 13.3. The predicted molar refractivity (Wildman–Crippen MR) is 143 cm³/mol. The van der Waals surface area contributed by atoms with E-state index in [-0.39, 0.29) is 23.8 Å². The van der Waals surface area contributed by atoms with Gasteiger partial charge in [0.05, 0.1) is 24.3 Å². The summed E-state index contributed by atoms with van der Waals surface area (Å²) in [6.07, 6.45) is -0.555. The highest BCUT2D eigenvalue weighted by molar-refractivity contribution is 5.83. The number of aromatic nitrogens is 1. The molecule has 0 amide bonds. The molecule has 0 spiro atoms. The molecule has 3 aromatic rings. The van der Waals surface area contributed by atoms with Crippen molar-refractivity contribution in [1.82, 2.24) is 9.88 Å². The number of rotatable bonds is 11. The molecule has 9 heteroatoms. The molecule has 1 saturated heterocycles. The van der Waals surface area contributed by atoms with Crippen molar-refractivity contribution < 1.29 is 32.9 Å². The van der Waals surface area contributed by atoms with E-state index < -0.39 is 23.8 Å². The van der Waals surface area contributed by atoms with Gasteiger partial charge in [0.25, 0.3) is 0 Å². The van der Waals surface area contributed by atoms with Gasteiger partial charge in [-0.25, -0.2) is 0 Å². The summed E-state index contributed by atoms with van der Waals surface area (Å²) in [5.41, 5.74) is 1.23. The van der Waals surface area contributed by atoms with Gasteiger partial charge in [-0.1, -0.05) is 18.2 Å². The number of benzene rings is 2. The highest BCUT2D eigenvalue weighted by atomic mass is 19.4. The van der Waals surface area contributed by atoms with Crippen LogP contribution in [0.25, 0.3) is 10.9 Å². The van der Waals surface area contributed by atoms with Gasteiger partial charge < -0.3 is 19.8 Å². The third-order valence-electron chi connectivity index (χ3n) is 7.81. The molecule has 1 aromatic heterocycles. The lowest BCUT2D eigenvalue weighted by molar-refractivity contribution is -0.139. The van der Waals surface area contributed by atoms with Gasteiger partial charge in [-0.15, -0.1) is 0 Å². The summed E-state index contributed by atoms with van der Waals surface area (Å²) in [6.45, 7) is 1.96. The number of aryl methyl sites for hydroxylation is 1. The van der Waals surface area contributed by atoms with Crippen LogP contribution in [0, 0.1) is 11.8 Å². The number of nitrogens with zero attached hydrogens (tertiary/aromatic N) is 2. The monoisotopic (exact) mass is 544 g/mol. The molecule has 2 N–H and O–H groups in total. The van der Waals surface area contributed by atoms with E-state index in [0.29, 0.717) is 44.5 Å². The molecule has 0 bridgehead atoms. The molecular formula is C30H35F3N2O4. The van der Waals surface area contributed by atoms with E-state index in [2.05, 4.69) is 9.88 Å². The van der Waals surface area contributed by atoms with Gasteiger partial charge in [-0.2, -0.15) is 13.2 Å². The molecule has 0 saturated carbocycles. The number of aliphatic carboxylic acids is 1. The summed E-state index contributed by atoms with van der Waals surface area (Å²) in [6, 6.07) is 13.0. The molecule has 1 aliphatic heterocycles. The Morgan fingerprint density at radius 1 is 1.18 bits per heavy atom. The normalized spacial score (nSPS) is 19.2. The van der Waals surface area contributed by atoms with Crippen LogP contribution in [0.5, 0.6) is 5.75 Å². The van der Waals surface area contributed by atoms with E-state index in [4.69, 9.17) is 4.74 Å². The summed E-state index contributed by atoms with van der Waals surface area (Å²) in [4.78, 5) is 18.2. The van der Waals surface area contributed by atoms with Gasteiger partial charge in [-0.3, -0.25) is 9.78 Å². The van der Waals surface area contributed by atoms with Crippen molar-refractivity contribution in [2.45, 2.75) is 50.8 Å². The Balaban J connectivity index is 1.35. The Kier molecular flexibility index (Phi) is 9.45. The minimum absolute atomic E-state index is 0.0313. The number of carboxylic acids is 1. The van der Waals surface area contributed by atoms with Crippen molar-refractivity contribution in [3.63, 3.8) is 0 Å². The van der Waals surface area contributed by atoms with Gasteiger partial charge in [-0.05, 0) is 98.5 Å². The third kappa shape index (κ3) is 7.48. The lowest BCUT2D eigenvalue weighted by Crippen LogP contribution is -2.42. The Morgan fingerprint density at radius 3 is 2.72 bits per heavy atom. The first-order chi connectivity index (χ1) is 18.7. The summed E-state index contributed by atoms with van der Waals surface area (Å²) in [5, 5.41) is 21.4. The summed E-state index contributed by atoms with van der Waals surface area (Å²) < 4.78 is 45.2. The molecule has 1 aliphatic rings. The number of hydrogen-bond donors (Lipinski definition) is 2. The quantitative estimate of drug-likeness (QED) is 0.303. The number of fused-ring (bicyclic) bond motifs is 1. The average Bonchev–Trinajstić information content (AvgIpc) is 2.91. The SMILES string of the molecule is COc1ccc2nccc(C(O)CC[C@@H]3CCN(CCCc4ccccc4C(F)(F)F)C[C@@H]3CC(=O)O)c2c1. The standard InChI is InChI=1S/C30H35F3N2O4/c1-39-23-9-10-27-25(18-23)24(12-14-34-27)28(36)11-8-20-13-16-35(19-22(20)17-29(37)38)15-4-6-21-5-2-3-7-26(21)30(31,32)33/h2-3,5,7,9-10,12,14,18,20,22,28,36H,4,6,8,11,13,15-17,19H2,1H3,(H,37,38)/t20-,22+,28?/m1/s1. The van der Waals surface area contributed by atoms with Crippen LogP contribution in [-0.4, -0.2) is 52.8 Å². The average molecular weight is 545 g/mol. The molecule has 2 aromatic carbocycles. The second-order valence-electron chi connectivity index (χ2n) is 10.3. The molecule has 2 heterocycles. The molecule has 1 unspecified atom stereocenters. The molecule has 4 rings (SSSR count). The summed E-state index contributed by atoms with van der Waals surface area (Å²) >= 11 is 0. The number of ether oxygens (including phenoxy) is 1. The van der Waals surface area contributed by atoms with Crippen molar-refractivity contribution in [3.05, 3.63) is 71.4 Å². The molecular weight excluding hydrogens is 509 g/mol. The number of carbonyl (C=O) groups is 1. The number of hydrogen-bond acceptors (Lipinski definition) is 5. The van der Waals surface area contributed by atoms with Crippen molar-refractivity contribution in [2.75, 3.05) is 26.7 Å². The van der Waals surface area contributed by atoms with E-state index in [1.54, 1.807) is 25.4 Å². The maximum Gasteiger partial charge on any atom is 0.416 e. The minimum atomic E-state index is -4.37. The Bertz CT molecular complexity index is 1270. The van der Waals surface area contributed by atoms with Crippen LogP contribution in [0.2, 0.25) is 0 Å². The van der Waals surface area contributed by atoms with Crippen LogP contribution in [-0.2, 0) is 17.4 Å². The first-order valence-corrected chi connectivity index (χ1v) is 13.4. The highest BCUT2D eigenvalue weighted by Gasteiger charge is 2.33. The van der Waals surface area contributed by atoms with E-state index >= 15 is 0 Å². The third-order valence-corrected chi connectivity index (χ3v) is 7.81. The smallest absolute Gasteiger partial charge is 0.416 e. The Morgan fingerprint density at radius 2 is 1.97 bits per heavy atom. The Labute approximate surface area is 226 Å². The fourth-order valence-corrected chi connectivity index (χ4v) is 5.79. The zero-order valence-electron chi connectivity index (χ0n) is 22.0. The highest BCUT2D eigenvalue weighted by Crippen LogP contribution is 2.35. The van der Waals surface area contributed by atoms with Crippen molar-refractivity contribution in [1.29, 1.82) is 0 Å². The van der Waals surface area contributed by atoms with Crippen molar-refractivity contribution in [3.8, 4) is 5.75 Å². The number of methoxy groups -OCH3 is 1. The lowest BCUT2D eigenvalue weighted by Gasteiger charge is -2.38. The topological polar surface area (TPSA) is 82.9 Å². The second-order valence-corrected chi connectivity index (χ2v) is 10.3. The van der Waals surface area contributed by atoms with Crippen LogP contribution in [0.4, 0.5) is 13.2 Å². The zero-order chi connectivity index (χ0) is 28.0. The minimum Gasteiger partial charge on any atom is -0.497 e. The zero-order valence-corrected chi connectivity index (χ0v) is 22.0. The molecule has 1 fully saturated rings. The van der Waals surface area contributed by atoms with Crippen LogP contribution in [0.15, 0.2) is 54.7 Å². The number of halogens is 3. The first kappa shape index (κ1) is 28.8. The number of carboxylic acid groups (broad SMARTS) is 1. The second kappa shape index (κ2) is 12.8. The fourth-order valence-electron chi connectivity index (χ4n) is 5.79. The fraction of sp³-hybridized carbons (Fsp3) is 0.467. The van der Waals surface area contributed by atoms with Gasteiger partial charge >= 0.3 is 12.1 Å². The predicted octanol–water partition coefficient (Wildman–Crippen LogP) is 6.12. The number of aliphatic hydroxyl groups is 1. The molecule has 0 radical (unpaired) electrons. The first-order valence-electron chi connectivity index (χ1n) is 13.4. The maximum absolute atomic E-state index is 13.3. The van der Waals surface area contributed by atoms with Crippen LogP contribution < -0.4 is 4.74 Å². The van der Waals surface area contributed by atoms with Crippen LogP contribution in [0.3, 0.4) is 0 Å². The largest absolute Gasteiger partial charge is 0.497 e. The van der Waals surface area contributed by atoms with E-state index in [9.17, 15) is 28.2 Å². The lowest BCUT2D eigenvalue weighted by atomic mass is 9.79. The van der Waals surface area contributed by atoms with Gasteiger partial charge in [0.1, 0.15) is 5.75 Å². The number of pyridine rings is 1. The molecule has 0 aliphatic carbocycles. The van der Waals surface area contributed by atoms with E-state index in [1.165, 1.54) is 12.1 Å². The van der Waals surface area contributed by atoms with Gasteiger partial charge in [0.2, 0.25) is 0 Å². The molecule has 3 atom stereocenters. The molecule has 210 valence electrons. The number of alkyl halides is 3. The number of aliphatic hydroxyl groups excluding tert-OH is 1. The Hall–Kier alpha value is -3.17. The summed E-state index contributed by atoms with van der Waals surface area (Å²) in [7, 11) is 1.59.